The first-order valence-corrected chi connectivity index (χ1v) is 9.12. The lowest BCUT2D eigenvalue weighted by Gasteiger charge is -2.14. The van der Waals surface area contributed by atoms with Gasteiger partial charge < -0.3 is 15.8 Å². The van der Waals surface area contributed by atoms with Gasteiger partial charge in [-0.15, -0.1) is 0 Å². The van der Waals surface area contributed by atoms with Crippen LogP contribution in [-0.2, 0) is 4.74 Å². The number of anilines is 1. The number of amides is 1. The van der Waals surface area contributed by atoms with Crippen LogP contribution in [0.2, 0.25) is 0 Å². The van der Waals surface area contributed by atoms with Crippen LogP contribution in [-0.4, -0.2) is 24.2 Å². The van der Waals surface area contributed by atoms with Crippen LogP contribution < -0.4 is 11.1 Å². The molecule has 6 heteroatoms. The van der Waals surface area contributed by atoms with Gasteiger partial charge in [0.1, 0.15) is 18.1 Å². The second-order valence-electron chi connectivity index (χ2n) is 6.57. The van der Waals surface area contributed by atoms with Crippen molar-refractivity contribution in [3.8, 4) is 23.0 Å². The average Bonchev–Trinajstić information content (AvgIpc) is 3.05. The van der Waals surface area contributed by atoms with Crippen molar-refractivity contribution in [2.24, 2.45) is 0 Å². The quantitative estimate of drug-likeness (QED) is 0.672. The number of halogens is 1. The standard InChI is InChI=1S/C23H18FN3O2/c24-15-12-21(25)22(27-13-15)10-5-11-26-23(28)29-14-20-18-8-3-1-6-16(18)17-7-2-4-9-19(17)20/h1-4,6-9,12-13,20H,11,14,25H2,(H,26,28). The van der Waals surface area contributed by atoms with Crippen molar-refractivity contribution < 1.29 is 13.9 Å². The summed E-state index contributed by atoms with van der Waals surface area (Å²) in [5.41, 5.74) is 10.7. The molecule has 1 aliphatic carbocycles. The van der Waals surface area contributed by atoms with Crippen molar-refractivity contribution in [2.75, 3.05) is 18.9 Å². The first-order chi connectivity index (χ1) is 14.1. The molecule has 0 spiro atoms. The molecule has 3 aromatic rings. The Morgan fingerprint density at radius 3 is 2.45 bits per heavy atom. The molecular weight excluding hydrogens is 369 g/mol. The second-order valence-corrected chi connectivity index (χ2v) is 6.57. The molecule has 1 amide bonds. The molecule has 29 heavy (non-hydrogen) atoms. The number of benzene rings is 2. The topological polar surface area (TPSA) is 77.2 Å². The number of nitrogens with one attached hydrogen (secondary N) is 1. The minimum absolute atomic E-state index is 0.00227. The summed E-state index contributed by atoms with van der Waals surface area (Å²) in [4.78, 5) is 15.9. The predicted molar refractivity (Wildman–Crippen MR) is 109 cm³/mol. The fraction of sp³-hybridized carbons (Fsp3) is 0.130. The summed E-state index contributed by atoms with van der Waals surface area (Å²) >= 11 is 0. The number of carbonyl (C=O) groups is 1. The molecule has 1 heterocycles. The van der Waals surface area contributed by atoms with Gasteiger partial charge in [-0.25, -0.2) is 14.2 Å². The third kappa shape index (κ3) is 3.90. The van der Waals surface area contributed by atoms with Gasteiger partial charge in [-0.3, -0.25) is 0 Å². The summed E-state index contributed by atoms with van der Waals surface area (Å²) < 4.78 is 18.4. The highest BCUT2D eigenvalue weighted by Crippen LogP contribution is 2.44. The Hall–Kier alpha value is -3.85. The van der Waals surface area contributed by atoms with Crippen LogP contribution in [0.4, 0.5) is 14.9 Å². The zero-order valence-corrected chi connectivity index (χ0v) is 15.5. The fourth-order valence-corrected chi connectivity index (χ4v) is 3.45. The van der Waals surface area contributed by atoms with Crippen LogP contribution in [0, 0.1) is 17.7 Å². The van der Waals surface area contributed by atoms with Crippen molar-refractivity contribution in [1.82, 2.24) is 10.3 Å². The number of fused-ring (bicyclic) bond motifs is 3. The SMILES string of the molecule is Nc1cc(F)cnc1C#CCNC(=O)OCC1c2ccccc2-c2ccccc21. The van der Waals surface area contributed by atoms with E-state index in [-0.39, 0.29) is 30.5 Å². The number of nitrogen functional groups attached to an aromatic ring is 1. The molecular formula is C23H18FN3O2. The van der Waals surface area contributed by atoms with Gasteiger partial charge in [0, 0.05) is 12.0 Å². The van der Waals surface area contributed by atoms with Gasteiger partial charge in [0.2, 0.25) is 0 Å². The summed E-state index contributed by atoms with van der Waals surface area (Å²) in [7, 11) is 0. The number of rotatable bonds is 3. The molecule has 1 aliphatic rings. The maximum absolute atomic E-state index is 13.0. The van der Waals surface area contributed by atoms with Crippen molar-refractivity contribution in [3.05, 3.63) is 83.4 Å². The molecule has 1 aromatic heterocycles. The van der Waals surface area contributed by atoms with E-state index in [1.54, 1.807) is 0 Å². The Bertz CT molecular complexity index is 1090. The van der Waals surface area contributed by atoms with Crippen LogP contribution >= 0.6 is 0 Å². The molecule has 0 unspecified atom stereocenters. The van der Waals surface area contributed by atoms with Crippen molar-refractivity contribution in [1.29, 1.82) is 0 Å². The maximum atomic E-state index is 13.0. The Balaban J connectivity index is 1.35. The molecule has 3 N–H and O–H groups in total. The van der Waals surface area contributed by atoms with Gasteiger partial charge in [0.15, 0.2) is 0 Å². The first-order valence-electron chi connectivity index (χ1n) is 9.12. The summed E-state index contributed by atoms with van der Waals surface area (Å²) in [5, 5.41) is 2.58. The van der Waals surface area contributed by atoms with E-state index in [1.165, 1.54) is 11.1 Å². The number of ether oxygens (including phenoxy) is 1. The van der Waals surface area contributed by atoms with E-state index in [4.69, 9.17) is 10.5 Å². The van der Waals surface area contributed by atoms with Crippen molar-refractivity contribution in [2.45, 2.75) is 5.92 Å². The van der Waals surface area contributed by atoms with E-state index >= 15 is 0 Å². The van der Waals surface area contributed by atoms with E-state index in [2.05, 4.69) is 46.4 Å². The normalized spacial score (nSPS) is 11.8. The summed E-state index contributed by atoms with van der Waals surface area (Å²) in [5.74, 6) is 4.90. The highest BCUT2D eigenvalue weighted by atomic mass is 19.1. The molecule has 2 aromatic carbocycles. The van der Waals surface area contributed by atoms with E-state index in [1.807, 2.05) is 24.3 Å². The van der Waals surface area contributed by atoms with Gasteiger partial charge in [-0.1, -0.05) is 54.5 Å². The number of alkyl carbamates (subject to hydrolysis) is 1. The summed E-state index contributed by atoms with van der Waals surface area (Å²) in [6.45, 7) is 0.301. The number of nitrogens with two attached hydrogens (primary N) is 1. The molecule has 0 bridgehead atoms. The molecule has 0 saturated heterocycles. The molecule has 0 aliphatic heterocycles. The summed E-state index contributed by atoms with van der Waals surface area (Å²) in [6, 6.07) is 17.4. The molecule has 5 nitrogen and oxygen atoms in total. The first kappa shape index (κ1) is 18.5. The van der Waals surface area contributed by atoms with E-state index in [9.17, 15) is 9.18 Å². The number of carbonyl (C=O) groups excluding carboxylic acids is 1. The van der Waals surface area contributed by atoms with E-state index in [0.29, 0.717) is 0 Å². The largest absolute Gasteiger partial charge is 0.449 e. The Morgan fingerprint density at radius 1 is 1.14 bits per heavy atom. The van der Waals surface area contributed by atoms with Crippen LogP contribution in [0.1, 0.15) is 22.7 Å². The van der Waals surface area contributed by atoms with Crippen LogP contribution in [0.3, 0.4) is 0 Å². The van der Waals surface area contributed by atoms with Crippen molar-refractivity contribution >= 4 is 11.8 Å². The minimum Gasteiger partial charge on any atom is -0.449 e. The zero-order valence-electron chi connectivity index (χ0n) is 15.5. The highest BCUT2D eigenvalue weighted by Gasteiger charge is 2.28. The lowest BCUT2D eigenvalue weighted by Crippen LogP contribution is -2.26. The highest BCUT2D eigenvalue weighted by molar-refractivity contribution is 5.79. The number of pyridine rings is 1. The lowest BCUT2D eigenvalue weighted by molar-refractivity contribution is 0.144. The van der Waals surface area contributed by atoms with Crippen LogP contribution in [0.15, 0.2) is 60.8 Å². The van der Waals surface area contributed by atoms with Crippen LogP contribution in [0.5, 0.6) is 0 Å². The van der Waals surface area contributed by atoms with Gasteiger partial charge in [-0.05, 0) is 28.2 Å². The smallest absolute Gasteiger partial charge is 0.407 e. The summed E-state index contributed by atoms with van der Waals surface area (Å²) in [6.07, 6.45) is 0.487. The lowest BCUT2D eigenvalue weighted by atomic mass is 9.98. The monoisotopic (exact) mass is 387 g/mol. The van der Waals surface area contributed by atoms with E-state index < -0.39 is 11.9 Å². The van der Waals surface area contributed by atoms with Crippen molar-refractivity contribution in [3.63, 3.8) is 0 Å². The molecule has 4 rings (SSSR count). The number of aromatic nitrogens is 1. The second kappa shape index (κ2) is 8.03. The molecule has 0 atom stereocenters. The molecule has 0 radical (unpaired) electrons. The Morgan fingerprint density at radius 2 is 1.79 bits per heavy atom. The van der Waals surface area contributed by atoms with Gasteiger partial charge in [0.25, 0.3) is 0 Å². The van der Waals surface area contributed by atoms with Crippen LogP contribution in [0.25, 0.3) is 11.1 Å². The Kier molecular flexibility index (Phi) is 5.12. The average molecular weight is 387 g/mol. The van der Waals surface area contributed by atoms with E-state index in [0.717, 1.165) is 23.4 Å². The molecule has 0 saturated carbocycles. The van der Waals surface area contributed by atoms with Gasteiger partial charge in [-0.2, -0.15) is 0 Å². The van der Waals surface area contributed by atoms with Gasteiger partial charge in [0.05, 0.1) is 18.4 Å². The third-order valence-corrected chi connectivity index (χ3v) is 4.76. The Labute approximate surface area is 167 Å². The third-order valence-electron chi connectivity index (χ3n) is 4.76. The zero-order chi connectivity index (χ0) is 20.2. The number of hydrogen-bond donors (Lipinski definition) is 2. The number of hydrogen-bond acceptors (Lipinski definition) is 4. The van der Waals surface area contributed by atoms with Gasteiger partial charge >= 0.3 is 6.09 Å². The number of nitrogens with zero attached hydrogens (tertiary/aromatic N) is 1. The minimum atomic E-state index is -0.554. The fourth-order valence-electron chi connectivity index (χ4n) is 3.45. The predicted octanol–water partition coefficient (Wildman–Crippen LogP) is 3.69. The molecule has 0 fully saturated rings. The molecule has 144 valence electrons. The maximum Gasteiger partial charge on any atom is 0.407 e.